The molecule has 6 nitrogen and oxygen atoms in total. The van der Waals surface area contributed by atoms with Gasteiger partial charge in [0.05, 0.1) is 0 Å². The quantitative estimate of drug-likeness (QED) is 0.244. The first-order valence-corrected chi connectivity index (χ1v) is 16.6. The van der Waals surface area contributed by atoms with Crippen molar-refractivity contribution >= 4 is 23.8 Å². The van der Waals surface area contributed by atoms with Crippen LogP contribution >= 0.6 is 7.92 Å². The van der Waals surface area contributed by atoms with E-state index in [4.69, 9.17) is 0 Å². The van der Waals surface area contributed by atoms with Gasteiger partial charge in [0.25, 0.3) is 0 Å². The third-order valence-electron chi connectivity index (χ3n) is 6.88. The van der Waals surface area contributed by atoms with Crippen molar-refractivity contribution in [2.24, 2.45) is 0 Å². The lowest BCUT2D eigenvalue weighted by Crippen LogP contribution is -2.26. The topological polar surface area (TPSA) is 19.4 Å². The fourth-order valence-electron chi connectivity index (χ4n) is 5.80. The lowest BCUT2D eigenvalue weighted by Gasteiger charge is -2.26. The van der Waals surface area contributed by atoms with Gasteiger partial charge >= 0.3 is 0 Å². The molecule has 0 saturated carbocycles. The number of rotatable bonds is 15. The predicted molar refractivity (Wildman–Crippen MR) is 189 cm³/mol. The van der Waals surface area contributed by atoms with E-state index in [1.165, 1.54) is 49.3 Å². The maximum atomic E-state index is 2.49. The van der Waals surface area contributed by atoms with Crippen molar-refractivity contribution in [3.8, 4) is 0 Å². The Morgan fingerprint density at radius 1 is 0.302 bits per heavy atom. The third-order valence-corrected chi connectivity index (χ3v) is 9.20. The highest BCUT2D eigenvalue weighted by Crippen LogP contribution is 2.36. The summed E-state index contributed by atoms with van der Waals surface area (Å²) in [5.41, 5.74) is 8.27. The Hall–Kier alpha value is -2.15. The summed E-state index contributed by atoms with van der Waals surface area (Å²) in [4.78, 5) is 13.7. The average molecular weight is 605 g/mol. The highest BCUT2D eigenvalue weighted by molar-refractivity contribution is 7.79. The van der Waals surface area contributed by atoms with Crippen molar-refractivity contribution in [2.45, 2.75) is 39.3 Å². The lowest BCUT2D eigenvalue weighted by molar-refractivity contribution is 0.396. The Kier molecular flexibility index (Phi) is 13.3. The molecule has 236 valence electrons. The van der Waals surface area contributed by atoms with Gasteiger partial charge < -0.3 is 29.4 Å². The highest BCUT2D eigenvalue weighted by atomic mass is 31.1. The van der Waals surface area contributed by atoms with E-state index in [9.17, 15) is 0 Å². The third kappa shape index (κ3) is 11.7. The summed E-state index contributed by atoms with van der Waals surface area (Å²) in [6, 6.07) is 22.1. The predicted octanol–water partition coefficient (Wildman–Crippen LogP) is 3.81. The molecule has 7 heteroatoms. The molecule has 0 aliphatic rings. The van der Waals surface area contributed by atoms with E-state index in [0.29, 0.717) is 0 Å². The van der Waals surface area contributed by atoms with Gasteiger partial charge in [-0.05, 0) is 178 Å². The molecule has 0 heterocycles. The van der Waals surface area contributed by atoms with Crippen molar-refractivity contribution in [1.82, 2.24) is 29.4 Å². The minimum atomic E-state index is -0.804. The fourth-order valence-corrected chi connectivity index (χ4v) is 8.47. The van der Waals surface area contributed by atoms with Gasteiger partial charge in [-0.1, -0.05) is 18.2 Å². The second-order valence-corrected chi connectivity index (χ2v) is 16.0. The van der Waals surface area contributed by atoms with Crippen LogP contribution in [0.2, 0.25) is 0 Å². The minimum absolute atomic E-state index is 0.804. The summed E-state index contributed by atoms with van der Waals surface area (Å²) in [5.74, 6) is 0. The van der Waals surface area contributed by atoms with E-state index in [0.717, 1.165) is 39.3 Å². The zero-order valence-electron chi connectivity index (χ0n) is 29.1. The maximum Gasteiger partial charge on any atom is 0.0227 e. The molecular formula is C36H57N6P. The molecule has 0 unspecified atom stereocenters. The Morgan fingerprint density at radius 3 is 0.605 bits per heavy atom. The van der Waals surface area contributed by atoms with Crippen LogP contribution in [0.1, 0.15) is 33.4 Å². The summed E-state index contributed by atoms with van der Waals surface area (Å²) < 4.78 is 0. The number of hydrogen-bond donors (Lipinski definition) is 0. The van der Waals surface area contributed by atoms with Crippen LogP contribution in [0.15, 0.2) is 54.6 Å². The van der Waals surface area contributed by atoms with Gasteiger partial charge in [0.15, 0.2) is 0 Å². The van der Waals surface area contributed by atoms with Gasteiger partial charge in [0.2, 0.25) is 0 Å². The molecule has 0 aromatic heterocycles. The second-order valence-electron chi connectivity index (χ2n) is 13.8. The van der Waals surface area contributed by atoms with E-state index in [1.54, 1.807) is 0 Å². The van der Waals surface area contributed by atoms with Crippen molar-refractivity contribution in [3.05, 3.63) is 88.0 Å². The standard InChI is InChI=1S/C36H57N6P/c1-37(2)22-28-13-29(23-38(3)4)17-34(16-28)43(35-18-30(24-39(5)6)14-31(19-35)25-40(7)8)36-20-32(26-41(9)10)15-33(21-36)27-42(11)12/h13-21H,22-27H2,1-12H3. The van der Waals surface area contributed by atoms with Gasteiger partial charge in [-0.2, -0.15) is 0 Å². The van der Waals surface area contributed by atoms with Gasteiger partial charge in [0.1, 0.15) is 0 Å². The Balaban J connectivity index is 2.37. The zero-order valence-corrected chi connectivity index (χ0v) is 30.0. The molecule has 0 aliphatic carbocycles. The fraction of sp³-hybridized carbons (Fsp3) is 0.500. The van der Waals surface area contributed by atoms with Crippen LogP contribution in [-0.4, -0.2) is 114 Å². The van der Waals surface area contributed by atoms with Gasteiger partial charge in [-0.15, -0.1) is 0 Å². The molecule has 3 aromatic carbocycles. The van der Waals surface area contributed by atoms with Crippen LogP contribution in [0.25, 0.3) is 0 Å². The van der Waals surface area contributed by atoms with Gasteiger partial charge in [-0.3, -0.25) is 0 Å². The van der Waals surface area contributed by atoms with E-state index in [2.05, 4.69) is 169 Å². The van der Waals surface area contributed by atoms with Crippen LogP contribution in [0.5, 0.6) is 0 Å². The van der Waals surface area contributed by atoms with Crippen LogP contribution in [0.4, 0.5) is 0 Å². The number of hydrogen-bond acceptors (Lipinski definition) is 6. The van der Waals surface area contributed by atoms with E-state index in [-0.39, 0.29) is 0 Å². The maximum absolute atomic E-state index is 2.49. The molecular weight excluding hydrogens is 547 g/mol. The first-order chi connectivity index (χ1) is 20.2. The normalized spacial score (nSPS) is 12.3. The van der Waals surface area contributed by atoms with Gasteiger partial charge in [-0.25, -0.2) is 0 Å². The molecule has 0 atom stereocenters. The van der Waals surface area contributed by atoms with Crippen molar-refractivity contribution < 1.29 is 0 Å². The SMILES string of the molecule is CN(C)Cc1cc(CN(C)C)cc(P(c2cc(CN(C)C)cc(CN(C)C)c2)c2cc(CN(C)C)cc(CN(C)C)c2)c1. The summed E-state index contributed by atoms with van der Waals surface area (Å²) in [5, 5.41) is 4.30. The Bertz CT molecular complexity index is 1070. The van der Waals surface area contributed by atoms with E-state index >= 15 is 0 Å². The van der Waals surface area contributed by atoms with Crippen molar-refractivity contribution in [3.63, 3.8) is 0 Å². The molecule has 0 N–H and O–H groups in total. The lowest BCUT2D eigenvalue weighted by atomic mass is 10.1. The van der Waals surface area contributed by atoms with E-state index in [1.807, 2.05) is 0 Å². The molecule has 0 aliphatic heterocycles. The zero-order chi connectivity index (χ0) is 31.8. The molecule has 3 aromatic rings. The summed E-state index contributed by atoms with van der Waals surface area (Å²) >= 11 is 0. The number of benzene rings is 3. The molecule has 0 bridgehead atoms. The van der Waals surface area contributed by atoms with Crippen LogP contribution in [-0.2, 0) is 39.3 Å². The van der Waals surface area contributed by atoms with Crippen LogP contribution < -0.4 is 15.9 Å². The van der Waals surface area contributed by atoms with Crippen molar-refractivity contribution in [2.75, 3.05) is 84.6 Å². The second kappa shape index (κ2) is 16.2. The van der Waals surface area contributed by atoms with Crippen molar-refractivity contribution in [1.29, 1.82) is 0 Å². The molecule has 43 heavy (non-hydrogen) atoms. The Morgan fingerprint density at radius 2 is 0.465 bits per heavy atom. The Labute approximate surface area is 264 Å². The van der Waals surface area contributed by atoms with Crippen LogP contribution in [0.3, 0.4) is 0 Å². The molecule has 3 rings (SSSR count). The van der Waals surface area contributed by atoms with E-state index < -0.39 is 7.92 Å². The first-order valence-electron chi connectivity index (χ1n) is 15.3. The highest BCUT2D eigenvalue weighted by Gasteiger charge is 2.22. The summed E-state index contributed by atoms with van der Waals surface area (Å²) in [6.07, 6.45) is 0. The molecule has 0 amide bonds. The minimum Gasteiger partial charge on any atom is -0.305 e. The number of nitrogens with zero attached hydrogens (tertiary/aromatic N) is 6. The van der Waals surface area contributed by atoms with Crippen LogP contribution in [0, 0.1) is 0 Å². The van der Waals surface area contributed by atoms with Gasteiger partial charge in [0, 0.05) is 39.3 Å². The first kappa shape index (κ1) is 35.3. The monoisotopic (exact) mass is 604 g/mol. The molecule has 0 fully saturated rings. The smallest absolute Gasteiger partial charge is 0.0227 e. The molecule has 0 spiro atoms. The summed E-state index contributed by atoms with van der Waals surface area (Å²) in [6.45, 7) is 5.56. The molecule has 0 saturated heterocycles. The summed E-state index contributed by atoms with van der Waals surface area (Å²) in [7, 11) is 25.2. The average Bonchev–Trinajstić information content (AvgIpc) is 2.81. The largest absolute Gasteiger partial charge is 0.305 e. The molecule has 0 radical (unpaired) electrons.